The number of benzene rings is 2. The van der Waals surface area contributed by atoms with Gasteiger partial charge in [0.25, 0.3) is 11.8 Å². The molecule has 0 unspecified atom stereocenters. The lowest BCUT2D eigenvalue weighted by atomic mass is 10.0. The molecule has 33 heavy (non-hydrogen) atoms. The van der Waals surface area contributed by atoms with Crippen LogP contribution in [0, 0.1) is 5.82 Å². The van der Waals surface area contributed by atoms with Gasteiger partial charge < -0.3 is 16.0 Å². The molecule has 0 spiro atoms. The summed E-state index contributed by atoms with van der Waals surface area (Å²) < 4.78 is 13.0. The Kier molecular flexibility index (Phi) is 8.36. The van der Waals surface area contributed by atoms with Gasteiger partial charge in [0.15, 0.2) is 0 Å². The van der Waals surface area contributed by atoms with E-state index in [-0.39, 0.29) is 18.5 Å². The second-order valence-electron chi connectivity index (χ2n) is 6.97. The molecule has 8 nitrogen and oxygen atoms in total. The molecule has 10 heteroatoms. The Morgan fingerprint density at radius 3 is 2.36 bits per heavy atom. The van der Waals surface area contributed by atoms with E-state index in [1.807, 2.05) is 6.07 Å². The van der Waals surface area contributed by atoms with E-state index in [1.54, 1.807) is 35.8 Å². The maximum atomic E-state index is 13.0. The summed E-state index contributed by atoms with van der Waals surface area (Å²) in [6.45, 7) is -0.322. The Morgan fingerprint density at radius 1 is 0.970 bits per heavy atom. The summed E-state index contributed by atoms with van der Waals surface area (Å²) in [5.74, 6) is -3.36. The van der Waals surface area contributed by atoms with Crippen molar-refractivity contribution < 1.29 is 23.6 Å². The monoisotopic (exact) mass is 468 g/mol. The highest BCUT2D eigenvalue weighted by molar-refractivity contribution is 7.09. The van der Waals surface area contributed by atoms with Crippen LogP contribution in [0.1, 0.15) is 20.9 Å². The van der Waals surface area contributed by atoms with Crippen molar-refractivity contribution in [1.82, 2.24) is 20.9 Å². The molecule has 1 atom stereocenters. The Bertz CT molecular complexity index is 1110. The topological polar surface area (TPSA) is 117 Å². The Labute approximate surface area is 193 Å². The third kappa shape index (κ3) is 7.32. The van der Waals surface area contributed by atoms with Crippen molar-refractivity contribution >= 4 is 34.8 Å². The molecule has 3 aromatic rings. The molecule has 1 heterocycles. The van der Waals surface area contributed by atoms with Crippen molar-refractivity contribution in [3.8, 4) is 0 Å². The number of hydrogen-bond acceptors (Lipinski definition) is 6. The number of ketones is 1. The zero-order chi connectivity index (χ0) is 23.6. The first-order valence-corrected chi connectivity index (χ1v) is 10.9. The van der Waals surface area contributed by atoms with E-state index in [1.165, 1.54) is 23.5 Å². The van der Waals surface area contributed by atoms with Gasteiger partial charge in [0.2, 0.25) is 11.7 Å². The molecule has 3 amide bonds. The molecule has 0 bridgehead atoms. The van der Waals surface area contributed by atoms with E-state index in [2.05, 4.69) is 20.9 Å². The molecule has 0 aliphatic heterocycles. The van der Waals surface area contributed by atoms with Crippen LogP contribution in [0.25, 0.3) is 0 Å². The highest BCUT2D eigenvalue weighted by atomic mass is 32.1. The molecular weight excluding hydrogens is 447 g/mol. The van der Waals surface area contributed by atoms with Crippen molar-refractivity contribution in [3.05, 3.63) is 88.1 Å². The Hall–Kier alpha value is -3.92. The number of thiazole rings is 1. The lowest BCUT2D eigenvalue weighted by Crippen LogP contribution is -2.50. The number of nitrogens with one attached hydrogen (secondary N) is 3. The normalized spacial score (nSPS) is 11.3. The van der Waals surface area contributed by atoms with Crippen LogP contribution in [0.3, 0.4) is 0 Å². The van der Waals surface area contributed by atoms with Crippen LogP contribution in [0.2, 0.25) is 0 Å². The number of carbonyl (C=O) groups is 4. The van der Waals surface area contributed by atoms with Gasteiger partial charge in [-0.2, -0.15) is 0 Å². The molecule has 2 aromatic carbocycles. The van der Waals surface area contributed by atoms with Crippen LogP contribution in [-0.2, 0) is 27.3 Å². The van der Waals surface area contributed by atoms with E-state index in [9.17, 15) is 23.6 Å². The van der Waals surface area contributed by atoms with Crippen LogP contribution in [0.15, 0.2) is 66.2 Å². The van der Waals surface area contributed by atoms with Gasteiger partial charge in [-0.25, -0.2) is 9.37 Å². The van der Waals surface area contributed by atoms with Gasteiger partial charge in [-0.05, 0) is 29.8 Å². The maximum Gasteiger partial charge on any atom is 0.289 e. The van der Waals surface area contributed by atoms with Gasteiger partial charge in [0, 0.05) is 23.6 Å². The summed E-state index contributed by atoms with van der Waals surface area (Å²) >= 11 is 1.34. The third-order valence-corrected chi connectivity index (χ3v) is 5.34. The predicted molar refractivity (Wildman–Crippen MR) is 120 cm³/mol. The first-order chi connectivity index (χ1) is 15.9. The average Bonchev–Trinajstić information content (AvgIpc) is 3.35. The molecule has 0 aliphatic rings. The SMILES string of the molecule is O=C(CNC(=O)c1ccc(F)cc1)N[C@H](Cc1ccccc1)C(=O)C(=O)NCc1nccs1. The summed E-state index contributed by atoms with van der Waals surface area (Å²) in [6.07, 6.45) is 1.69. The Balaban J connectivity index is 1.60. The zero-order valence-electron chi connectivity index (χ0n) is 17.4. The number of Topliss-reactive ketones (excluding diaryl/α,β-unsaturated/α-hetero) is 1. The van der Waals surface area contributed by atoms with E-state index in [0.717, 1.165) is 17.7 Å². The van der Waals surface area contributed by atoms with Crippen LogP contribution in [0.4, 0.5) is 4.39 Å². The van der Waals surface area contributed by atoms with Gasteiger partial charge in [-0.3, -0.25) is 19.2 Å². The molecule has 0 radical (unpaired) electrons. The van der Waals surface area contributed by atoms with Crippen molar-refractivity contribution in [2.24, 2.45) is 0 Å². The van der Waals surface area contributed by atoms with Gasteiger partial charge in [0.05, 0.1) is 13.1 Å². The van der Waals surface area contributed by atoms with Gasteiger partial charge in [-0.1, -0.05) is 30.3 Å². The van der Waals surface area contributed by atoms with Crippen molar-refractivity contribution in [1.29, 1.82) is 0 Å². The molecule has 170 valence electrons. The number of carbonyl (C=O) groups excluding carboxylic acids is 4. The van der Waals surface area contributed by atoms with Gasteiger partial charge in [-0.15, -0.1) is 11.3 Å². The molecule has 0 saturated heterocycles. The zero-order valence-corrected chi connectivity index (χ0v) is 18.2. The van der Waals surface area contributed by atoms with Crippen molar-refractivity contribution in [2.75, 3.05) is 6.54 Å². The number of aromatic nitrogens is 1. The quantitative estimate of drug-likeness (QED) is 0.391. The number of rotatable bonds is 10. The first-order valence-electron chi connectivity index (χ1n) is 10.00. The predicted octanol–water partition coefficient (Wildman–Crippen LogP) is 1.62. The van der Waals surface area contributed by atoms with E-state index in [0.29, 0.717) is 5.01 Å². The second-order valence-corrected chi connectivity index (χ2v) is 7.95. The maximum absolute atomic E-state index is 13.0. The average molecular weight is 469 g/mol. The lowest BCUT2D eigenvalue weighted by Gasteiger charge is -2.18. The highest BCUT2D eigenvalue weighted by Gasteiger charge is 2.27. The molecule has 0 aliphatic carbocycles. The molecule has 0 saturated carbocycles. The Morgan fingerprint density at radius 2 is 1.70 bits per heavy atom. The minimum absolute atomic E-state index is 0.0992. The number of hydrogen-bond donors (Lipinski definition) is 3. The van der Waals surface area contributed by atoms with Gasteiger partial charge >= 0.3 is 0 Å². The van der Waals surface area contributed by atoms with Crippen molar-refractivity contribution in [3.63, 3.8) is 0 Å². The fraction of sp³-hybridized carbons (Fsp3) is 0.174. The summed E-state index contributed by atoms with van der Waals surface area (Å²) in [4.78, 5) is 53.8. The van der Waals surface area contributed by atoms with Crippen LogP contribution < -0.4 is 16.0 Å². The summed E-state index contributed by atoms with van der Waals surface area (Å²) in [5.41, 5.74) is 0.932. The smallest absolute Gasteiger partial charge is 0.289 e. The van der Waals surface area contributed by atoms with Crippen molar-refractivity contribution in [2.45, 2.75) is 19.0 Å². The number of halogens is 1. The van der Waals surface area contributed by atoms with Crippen LogP contribution in [-0.4, -0.2) is 41.1 Å². The molecular formula is C23H21FN4O4S. The van der Waals surface area contributed by atoms with E-state index in [4.69, 9.17) is 0 Å². The molecule has 3 rings (SSSR count). The minimum Gasteiger partial charge on any atom is -0.344 e. The standard InChI is InChI=1S/C23H21FN4O4S/c24-17-8-6-16(7-9-17)22(31)26-13-19(29)28-18(12-15-4-2-1-3-5-15)21(30)23(32)27-14-20-25-10-11-33-20/h1-11,18H,12-14H2,(H,26,31)(H,27,32)(H,28,29)/t18-/m1/s1. The van der Waals surface area contributed by atoms with E-state index >= 15 is 0 Å². The molecule has 0 fully saturated rings. The van der Waals surface area contributed by atoms with Crippen LogP contribution >= 0.6 is 11.3 Å². The summed E-state index contributed by atoms with van der Waals surface area (Å²) in [5, 5.41) is 9.83. The highest BCUT2D eigenvalue weighted by Crippen LogP contribution is 2.06. The van der Waals surface area contributed by atoms with Crippen LogP contribution in [0.5, 0.6) is 0 Å². The summed E-state index contributed by atoms with van der Waals surface area (Å²) in [6, 6.07) is 12.6. The van der Waals surface area contributed by atoms with E-state index < -0.39 is 41.9 Å². The molecule has 1 aromatic heterocycles. The fourth-order valence-electron chi connectivity index (χ4n) is 2.91. The number of amides is 3. The minimum atomic E-state index is -1.13. The third-order valence-electron chi connectivity index (χ3n) is 4.56. The summed E-state index contributed by atoms with van der Waals surface area (Å²) in [7, 11) is 0. The molecule has 3 N–H and O–H groups in total. The lowest BCUT2D eigenvalue weighted by molar-refractivity contribution is -0.140. The first kappa shape index (κ1) is 23.7. The largest absolute Gasteiger partial charge is 0.344 e. The number of nitrogens with zero attached hydrogens (tertiary/aromatic N) is 1. The second kappa shape index (κ2) is 11.6. The van der Waals surface area contributed by atoms with Gasteiger partial charge in [0.1, 0.15) is 16.9 Å². The fourth-order valence-corrected chi connectivity index (χ4v) is 3.47.